The van der Waals surface area contributed by atoms with Crippen molar-refractivity contribution >= 4 is 0 Å². The molecule has 0 radical (unpaired) electrons. The molecule has 0 bridgehead atoms. The summed E-state index contributed by atoms with van der Waals surface area (Å²) < 4.78 is 32.7. The third kappa shape index (κ3) is 5.65. The number of alkyl halides is 2. The molecule has 140 valence electrons. The highest BCUT2D eigenvalue weighted by Gasteiger charge is 2.34. The van der Waals surface area contributed by atoms with E-state index in [2.05, 4.69) is 16.7 Å². The Balaban J connectivity index is 1.49. The molecule has 0 saturated carbocycles. The van der Waals surface area contributed by atoms with Crippen LogP contribution < -0.4 is 4.74 Å². The van der Waals surface area contributed by atoms with E-state index in [0.29, 0.717) is 26.2 Å². The molecule has 2 fully saturated rings. The summed E-state index contributed by atoms with van der Waals surface area (Å²) in [5, 5.41) is 0. The van der Waals surface area contributed by atoms with Crippen molar-refractivity contribution in [1.82, 2.24) is 9.80 Å². The van der Waals surface area contributed by atoms with Gasteiger partial charge in [0, 0.05) is 51.1 Å². The van der Waals surface area contributed by atoms with Gasteiger partial charge in [-0.15, -0.1) is 0 Å². The molecule has 0 aromatic heterocycles. The number of halogens is 2. The fourth-order valence-corrected chi connectivity index (χ4v) is 3.83. The molecule has 0 spiro atoms. The predicted molar refractivity (Wildman–Crippen MR) is 96.2 cm³/mol. The molecule has 2 aliphatic rings. The zero-order valence-corrected chi connectivity index (χ0v) is 15.2. The molecular formula is C20H30F2N2O. The fourth-order valence-electron chi connectivity index (χ4n) is 3.83. The van der Waals surface area contributed by atoms with Gasteiger partial charge in [-0.2, -0.15) is 0 Å². The Hall–Kier alpha value is -1.20. The summed E-state index contributed by atoms with van der Waals surface area (Å²) in [4.78, 5) is 4.58. The summed E-state index contributed by atoms with van der Waals surface area (Å²) in [6.07, 6.45) is 2.53. The first kappa shape index (κ1) is 18.6. The van der Waals surface area contributed by atoms with Crippen LogP contribution in [0.1, 0.15) is 38.2 Å². The van der Waals surface area contributed by atoms with Gasteiger partial charge in [0.15, 0.2) is 0 Å². The molecule has 0 aliphatic carbocycles. The van der Waals surface area contributed by atoms with Crippen LogP contribution in [-0.2, 0) is 6.54 Å². The van der Waals surface area contributed by atoms with Gasteiger partial charge in [-0.1, -0.05) is 25.1 Å². The van der Waals surface area contributed by atoms with Gasteiger partial charge in [-0.3, -0.25) is 9.80 Å². The lowest BCUT2D eigenvalue weighted by atomic mass is 10.0. The van der Waals surface area contributed by atoms with Gasteiger partial charge in [0.25, 0.3) is 5.92 Å². The van der Waals surface area contributed by atoms with Gasteiger partial charge in [0.2, 0.25) is 0 Å². The highest BCUT2D eigenvalue weighted by Crippen LogP contribution is 2.29. The summed E-state index contributed by atoms with van der Waals surface area (Å²) >= 11 is 0. The molecule has 1 aromatic rings. The van der Waals surface area contributed by atoms with Crippen LogP contribution in [0.25, 0.3) is 0 Å². The number of benzene rings is 1. The summed E-state index contributed by atoms with van der Waals surface area (Å²) in [6.45, 7) is 7.86. The van der Waals surface area contributed by atoms with Crippen molar-refractivity contribution in [2.75, 3.05) is 39.3 Å². The van der Waals surface area contributed by atoms with Crippen molar-refractivity contribution < 1.29 is 13.5 Å². The number of rotatable bonds is 6. The Labute approximate surface area is 149 Å². The minimum atomic E-state index is -2.49. The maximum atomic E-state index is 13.3. The summed E-state index contributed by atoms with van der Waals surface area (Å²) in [7, 11) is 0. The van der Waals surface area contributed by atoms with Crippen LogP contribution in [-0.4, -0.2) is 55.1 Å². The number of hydrogen-bond donors (Lipinski definition) is 0. The Morgan fingerprint density at radius 3 is 2.64 bits per heavy atom. The zero-order chi connectivity index (χ0) is 17.7. The van der Waals surface area contributed by atoms with Gasteiger partial charge >= 0.3 is 0 Å². The molecule has 2 heterocycles. The van der Waals surface area contributed by atoms with Crippen LogP contribution in [0.4, 0.5) is 8.78 Å². The second-order valence-corrected chi connectivity index (χ2v) is 7.64. The topological polar surface area (TPSA) is 15.7 Å². The molecule has 0 N–H and O–H groups in total. The second kappa shape index (κ2) is 8.45. The smallest absolute Gasteiger partial charge is 0.250 e. The van der Waals surface area contributed by atoms with E-state index >= 15 is 0 Å². The standard InChI is InChI=1S/C20H30F2N2O/c1-17-5-4-10-23(15-17)13-14-25-19-7-3-2-6-18(19)16-24-11-8-20(21,22)9-12-24/h2-3,6-7,17H,4-5,8-16H2,1H3/t17-/m1/s1. The highest BCUT2D eigenvalue weighted by molar-refractivity contribution is 5.33. The maximum Gasteiger partial charge on any atom is 0.250 e. The van der Waals surface area contributed by atoms with Gasteiger partial charge in [0.05, 0.1) is 0 Å². The van der Waals surface area contributed by atoms with Crippen molar-refractivity contribution in [3.8, 4) is 5.75 Å². The highest BCUT2D eigenvalue weighted by atomic mass is 19.3. The van der Waals surface area contributed by atoms with Gasteiger partial charge in [0.1, 0.15) is 12.4 Å². The van der Waals surface area contributed by atoms with Crippen LogP contribution >= 0.6 is 0 Å². The van der Waals surface area contributed by atoms with Crippen LogP contribution in [0.2, 0.25) is 0 Å². The first-order valence-electron chi connectivity index (χ1n) is 9.55. The minimum Gasteiger partial charge on any atom is -0.492 e. The third-order valence-corrected chi connectivity index (χ3v) is 5.36. The quantitative estimate of drug-likeness (QED) is 0.769. The van der Waals surface area contributed by atoms with Crippen LogP contribution in [0.15, 0.2) is 24.3 Å². The van der Waals surface area contributed by atoms with Crippen molar-refractivity contribution in [3.05, 3.63) is 29.8 Å². The monoisotopic (exact) mass is 352 g/mol. The van der Waals surface area contributed by atoms with E-state index in [9.17, 15) is 8.78 Å². The number of hydrogen-bond acceptors (Lipinski definition) is 3. The Morgan fingerprint density at radius 1 is 1.12 bits per heavy atom. The van der Waals surface area contributed by atoms with E-state index in [1.54, 1.807) is 0 Å². The predicted octanol–water partition coefficient (Wildman–Crippen LogP) is 4.03. The number of piperidine rings is 2. The summed E-state index contributed by atoms with van der Waals surface area (Å²) in [5.74, 6) is -0.818. The van der Waals surface area contributed by atoms with E-state index in [4.69, 9.17) is 4.74 Å². The molecule has 1 aromatic carbocycles. The molecular weight excluding hydrogens is 322 g/mol. The fraction of sp³-hybridized carbons (Fsp3) is 0.700. The van der Waals surface area contributed by atoms with E-state index in [1.165, 1.54) is 12.8 Å². The average Bonchev–Trinajstić information content (AvgIpc) is 2.58. The minimum absolute atomic E-state index is 0.0385. The van der Waals surface area contributed by atoms with Crippen LogP contribution in [0.5, 0.6) is 5.75 Å². The molecule has 2 saturated heterocycles. The Bertz CT molecular complexity index is 542. The van der Waals surface area contributed by atoms with E-state index in [1.807, 2.05) is 24.3 Å². The Kier molecular flexibility index (Phi) is 6.29. The van der Waals surface area contributed by atoms with E-state index in [0.717, 1.165) is 36.9 Å². The molecule has 3 nitrogen and oxygen atoms in total. The molecule has 25 heavy (non-hydrogen) atoms. The Morgan fingerprint density at radius 2 is 1.88 bits per heavy atom. The zero-order valence-electron chi connectivity index (χ0n) is 15.2. The molecule has 0 unspecified atom stereocenters. The molecule has 5 heteroatoms. The molecule has 2 aliphatic heterocycles. The van der Waals surface area contributed by atoms with Gasteiger partial charge < -0.3 is 4.74 Å². The number of nitrogens with zero attached hydrogens (tertiary/aromatic N) is 2. The lowest BCUT2D eigenvalue weighted by Gasteiger charge is -2.32. The first-order valence-corrected chi connectivity index (χ1v) is 9.55. The summed E-state index contributed by atoms with van der Waals surface area (Å²) in [5.41, 5.74) is 1.10. The first-order chi connectivity index (χ1) is 12.0. The van der Waals surface area contributed by atoms with Crippen molar-refractivity contribution in [3.63, 3.8) is 0 Å². The van der Waals surface area contributed by atoms with Crippen molar-refractivity contribution in [2.45, 2.75) is 45.1 Å². The number of ether oxygens (including phenoxy) is 1. The maximum absolute atomic E-state index is 13.3. The molecule has 1 atom stereocenters. The molecule has 3 rings (SSSR count). The second-order valence-electron chi connectivity index (χ2n) is 7.64. The van der Waals surface area contributed by atoms with E-state index in [-0.39, 0.29) is 12.8 Å². The van der Waals surface area contributed by atoms with Crippen molar-refractivity contribution in [2.24, 2.45) is 5.92 Å². The van der Waals surface area contributed by atoms with Crippen LogP contribution in [0, 0.1) is 5.92 Å². The summed E-state index contributed by atoms with van der Waals surface area (Å²) in [6, 6.07) is 8.01. The van der Waals surface area contributed by atoms with Gasteiger partial charge in [-0.25, -0.2) is 8.78 Å². The molecule has 0 amide bonds. The largest absolute Gasteiger partial charge is 0.492 e. The average molecular weight is 352 g/mol. The van der Waals surface area contributed by atoms with Crippen LogP contribution in [0.3, 0.4) is 0 Å². The number of para-hydroxylation sites is 1. The van der Waals surface area contributed by atoms with Crippen molar-refractivity contribution in [1.29, 1.82) is 0 Å². The van der Waals surface area contributed by atoms with E-state index < -0.39 is 5.92 Å². The SMILES string of the molecule is C[C@@H]1CCCN(CCOc2ccccc2CN2CCC(F)(F)CC2)C1. The normalized spacial score (nSPS) is 25.0. The lowest BCUT2D eigenvalue weighted by molar-refractivity contribution is -0.0567. The number of likely N-dealkylation sites (tertiary alicyclic amines) is 2. The lowest BCUT2D eigenvalue weighted by Crippen LogP contribution is -2.39. The van der Waals surface area contributed by atoms with Gasteiger partial charge in [-0.05, 0) is 31.4 Å². The third-order valence-electron chi connectivity index (χ3n) is 5.36.